The van der Waals surface area contributed by atoms with Crippen LogP contribution < -0.4 is 5.32 Å². The van der Waals surface area contributed by atoms with Gasteiger partial charge in [0, 0.05) is 35.7 Å². The molecule has 24 heavy (non-hydrogen) atoms. The first-order valence-corrected chi connectivity index (χ1v) is 6.93. The molecule has 9 nitrogen and oxygen atoms in total. The second-order valence-corrected chi connectivity index (χ2v) is 4.87. The van der Waals surface area contributed by atoms with Crippen molar-refractivity contribution >= 4 is 17.4 Å². The van der Waals surface area contributed by atoms with E-state index >= 15 is 0 Å². The van der Waals surface area contributed by atoms with E-state index in [1.165, 1.54) is 36.1 Å². The number of nitrogens with zero attached hydrogens (tertiary/aromatic N) is 5. The van der Waals surface area contributed by atoms with E-state index in [-0.39, 0.29) is 17.1 Å². The van der Waals surface area contributed by atoms with Crippen LogP contribution in [0.5, 0.6) is 0 Å². The van der Waals surface area contributed by atoms with Crippen LogP contribution in [0.4, 0.5) is 11.5 Å². The smallest absolute Gasteiger partial charge is 0.273 e. The van der Waals surface area contributed by atoms with Crippen LogP contribution in [0.3, 0.4) is 0 Å². The third-order valence-corrected chi connectivity index (χ3v) is 3.38. The molecule has 1 amide bonds. The molecule has 3 rings (SSSR count). The zero-order valence-electron chi connectivity index (χ0n) is 12.6. The molecule has 0 bridgehead atoms. The summed E-state index contributed by atoms with van der Waals surface area (Å²) in [5, 5.41) is 17.6. The molecule has 1 aromatic carbocycles. The summed E-state index contributed by atoms with van der Waals surface area (Å²) < 4.78 is 1.52. The molecule has 0 saturated heterocycles. The van der Waals surface area contributed by atoms with Gasteiger partial charge in [0.05, 0.1) is 4.92 Å². The fourth-order valence-electron chi connectivity index (χ4n) is 2.20. The first kappa shape index (κ1) is 15.3. The lowest BCUT2D eigenvalue weighted by molar-refractivity contribution is -0.385. The second-order valence-electron chi connectivity index (χ2n) is 4.87. The van der Waals surface area contributed by atoms with Crippen LogP contribution in [0.2, 0.25) is 0 Å². The fraction of sp³-hybridized carbons (Fsp3) is 0.0667. The summed E-state index contributed by atoms with van der Waals surface area (Å²) >= 11 is 0. The van der Waals surface area contributed by atoms with Crippen molar-refractivity contribution in [2.45, 2.75) is 6.92 Å². The molecule has 0 unspecified atom stereocenters. The van der Waals surface area contributed by atoms with Crippen LogP contribution in [0.25, 0.3) is 5.82 Å². The summed E-state index contributed by atoms with van der Waals surface area (Å²) in [6, 6.07) is 7.64. The van der Waals surface area contributed by atoms with Crippen molar-refractivity contribution in [3.05, 3.63) is 70.3 Å². The number of hydrogen-bond acceptors (Lipinski definition) is 6. The van der Waals surface area contributed by atoms with E-state index in [1.54, 1.807) is 24.5 Å². The molecule has 0 atom stereocenters. The Bertz CT molecular complexity index is 907. The normalized spacial score (nSPS) is 10.4. The molecule has 0 aliphatic heterocycles. The summed E-state index contributed by atoms with van der Waals surface area (Å²) in [6.07, 6.45) is 4.61. The molecule has 0 spiro atoms. The zero-order valence-corrected chi connectivity index (χ0v) is 12.6. The maximum atomic E-state index is 12.4. The minimum atomic E-state index is -0.521. The van der Waals surface area contributed by atoms with E-state index in [4.69, 9.17) is 0 Å². The van der Waals surface area contributed by atoms with Crippen LogP contribution >= 0.6 is 0 Å². The van der Waals surface area contributed by atoms with Gasteiger partial charge in [0.15, 0.2) is 5.82 Å². The van der Waals surface area contributed by atoms with E-state index < -0.39 is 10.8 Å². The number of anilines is 1. The highest BCUT2D eigenvalue weighted by molar-refractivity contribution is 6.05. The number of benzene rings is 1. The maximum absolute atomic E-state index is 12.4. The Hall–Kier alpha value is -3.62. The number of amides is 1. The van der Waals surface area contributed by atoms with Crippen molar-refractivity contribution in [1.29, 1.82) is 0 Å². The van der Waals surface area contributed by atoms with Gasteiger partial charge < -0.3 is 5.32 Å². The molecule has 0 aliphatic carbocycles. The molecule has 9 heteroatoms. The second kappa shape index (κ2) is 6.24. The number of aromatic nitrogens is 4. The van der Waals surface area contributed by atoms with Crippen molar-refractivity contribution in [2.75, 3.05) is 5.32 Å². The summed E-state index contributed by atoms with van der Waals surface area (Å²) in [7, 11) is 0. The molecule has 2 aromatic heterocycles. The number of carbonyl (C=O) groups excluding carboxylic acids is 1. The standard InChI is InChI=1S/C15H12N6O3/c1-10-11(4-2-5-12(10)21(23)24)15(22)19-13-8-14(17-9-16-13)20-7-3-6-18-20/h2-9H,1H3,(H,16,17,19,22). The summed E-state index contributed by atoms with van der Waals surface area (Å²) in [5.41, 5.74) is 0.396. The van der Waals surface area contributed by atoms with Gasteiger partial charge in [0.25, 0.3) is 11.6 Å². The predicted octanol–water partition coefficient (Wildman–Crippen LogP) is 2.13. The van der Waals surface area contributed by atoms with Crippen LogP contribution in [0.1, 0.15) is 15.9 Å². The van der Waals surface area contributed by atoms with Gasteiger partial charge >= 0.3 is 0 Å². The Morgan fingerprint density at radius 1 is 1.29 bits per heavy atom. The lowest BCUT2D eigenvalue weighted by atomic mass is 10.1. The van der Waals surface area contributed by atoms with Gasteiger partial charge in [0.2, 0.25) is 0 Å². The Balaban J connectivity index is 1.87. The first-order chi connectivity index (χ1) is 11.6. The Morgan fingerprint density at radius 2 is 2.12 bits per heavy atom. The Labute approximate surface area is 136 Å². The first-order valence-electron chi connectivity index (χ1n) is 6.93. The number of nitro benzene ring substituents is 1. The molecular formula is C15H12N6O3. The average Bonchev–Trinajstić information content (AvgIpc) is 3.09. The van der Waals surface area contributed by atoms with Crippen molar-refractivity contribution in [1.82, 2.24) is 19.7 Å². The highest BCUT2D eigenvalue weighted by Crippen LogP contribution is 2.22. The summed E-state index contributed by atoms with van der Waals surface area (Å²) in [4.78, 5) is 30.9. The SMILES string of the molecule is Cc1c(C(=O)Nc2cc(-n3cccn3)ncn2)cccc1[N+](=O)[O-]. The lowest BCUT2D eigenvalue weighted by Crippen LogP contribution is -2.15. The number of hydrogen-bond donors (Lipinski definition) is 1. The van der Waals surface area contributed by atoms with Crippen molar-refractivity contribution in [2.24, 2.45) is 0 Å². The van der Waals surface area contributed by atoms with E-state index in [9.17, 15) is 14.9 Å². The molecule has 2 heterocycles. The van der Waals surface area contributed by atoms with E-state index in [0.717, 1.165) is 0 Å². The van der Waals surface area contributed by atoms with Gasteiger partial charge in [-0.05, 0) is 19.1 Å². The van der Waals surface area contributed by atoms with Gasteiger partial charge in [-0.25, -0.2) is 14.6 Å². The lowest BCUT2D eigenvalue weighted by Gasteiger charge is -2.08. The number of nitrogens with one attached hydrogen (secondary N) is 1. The Kier molecular flexibility index (Phi) is 3.98. The van der Waals surface area contributed by atoms with Crippen LogP contribution in [-0.2, 0) is 0 Å². The van der Waals surface area contributed by atoms with Crippen molar-refractivity contribution < 1.29 is 9.72 Å². The van der Waals surface area contributed by atoms with Crippen molar-refractivity contribution in [3.63, 3.8) is 0 Å². The van der Waals surface area contributed by atoms with Gasteiger partial charge in [-0.15, -0.1) is 0 Å². The van der Waals surface area contributed by atoms with E-state index in [0.29, 0.717) is 11.4 Å². The molecule has 3 aromatic rings. The average molecular weight is 324 g/mol. The minimum absolute atomic E-state index is 0.109. The van der Waals surface area contributed by atoms with Gasteiger partial charge in [-0.2, -0.15) is 5.10 Å². The fourth-order valence-corrected chi connectivity index (χ4v) is 2.20. The topological polar surface area (TPSA) is 116 Å². The molecule has 0 aliphatic rings. The molecule has 1 N–H and O–H groups in total. The number of carbonyl (C=O) groups is 1. The molecule has 0 radical (unpaired) electrons. The third kappa shape index (κ3) is 2.95. The molecule has 0 saturated carbocycles. The zero-order chi connectivity index (χ0) is 17.1. The summed E-state index contributed by atoms with van der Waals surface area (Å²) in [6.45, 7) is 1.53. The molecular weight excluding hydrogens is 312 g/mol. The highest BCUT2D eigenvalue weighted by atomic mass is 16.6. The van der Waals surface area contributed by atoms with E-state index in [1.807, 2.05) is 0 Å². The maximum Gasteiger partial charge on any atom is 0.273 e. The van der Waals surface area contributed by atoms with Gasteiger partial charge in [0.1, 0.15) is 12.1 Å². The number of nitro groups is 1. The highest BCUT2D eigenvalue weighted by Gasteiger charge is 2.18. The predicted molar refractivity (Wildman–Crippen MR) is 84.9 cm³/mol. The molecule has 120 valence electrons. The quantitative estimate of drug-likeness (QED) is 0.580. The number of rotatable bonds is 4. The Morgan fingerprint density at radius 3 is 2.83 bits per heavy atom. The van der Waals surface area contributed by atoms with Crippen LogP contribution in [0, 0.1) is 17.0 Å². The van der Waals surface area contributed by atoms with Gasteiger partial charge in [-0.1, -0.05) is 6.07 Å². The summed E-state index contributed by atoms with van der Waals surface area (Å²) in [5.74, 6) is 0.272. The third-order valence-electron chi connectivity index (χ3n) is 3.38. The van der Waals surface area contributed by atoms with Crippen molar-refractivity contribution in [3.8, 4) is 5.82 Å². The molecule has 0 fully saturated rings. The monoisotopic (exact) mass is 324 g/mol. The van der Waals surface area contributed by atoms with Crippen LogP contribution in [-0.4, -0.2) is 30.6 Å². The van der Waals surface area contributed by atoms with Gasteiger partial charge in [-0.3, -0.25) is 14.9 Å². The van der Waals surface area contributed by atoms with E-state index in [2.05, 4.69) is 20.4 Å². The van der Waals surface area contributed by atoms with Crippen LogP contribution in [0.15, 0.2) is 49.1 Å². The largest absolute Gasteiger partial charge is 0.306 e. The minimum Gasteiger partial charge on any atom is -0.306 e.